The maximum Gasteiger partial charge on any atom is 0.335 e. The Hall–Kier alpha value is -2.13. The van der Waals surface area contributed by atoms with Crippen molar-refractivity contribution in [1.29, 1.82) is 0 Å². The molecule has 0 spiro atoms. The minimum absolute atomic E-state index is 0.297. The number of rotatable bonds is 11. The molecule has 0 aliphatic rings. The van der Waals surface area contributed by atoms with Crippen LogP contribution in [-0.4, -0.2) is 19.2 Å². The summed E-state index contributed by atoms with van der Waals surface area (Å²) in [6.07, 6.45) is 6.89. The van der Waals surface area contributed by atoms with E-state index >= 15 is 0 Å². The van der Waals surface area contributed by atoms with Gasteiger partial charge in [0.2, 0.25) is 0 Å². The average molecular weight is 383 g/mol. The summed E-state index contributed by atoms with van der Waals surface area (Å²) in [5.41, 5.74) is 4.76. The van der Waals surface area contributed by atoms with E-state index in [0.717, 1.165) is 12.0 Å². The molecule has 28 heavy (non-hydrogen) atoms. The summed E-state index contributed by atoms with van der Waals surface area (Å²) in [5.74, 6) is -0.343. The zero-order valence-corrected chi connectivity index (χ0v) is 17.7. The van der Waals surface area contributed by atoms with Gasteiger partial charge >= 0.3 is 5.97 Å². The molecule has 0 saturated heterocycles. The number of methoxy groups -OCH3 is 1. The Bertz CT molecular complexity index is 704. The lowest BCUT2D eigenvalue weighted by Gasteiger charge is -2.16. The van der Waals surface area contributed by atoms with Crippen molar-refractivity contribution < 1.29 is 14.3 Å². The fourth-order valence-corrected chi connectivity index (χ4v) is 3.18. The van der Waals surface area contributed by atoms with Crippen molar-refractivity contribution in [2.45, 2.75) is 71.5 Å². The molecule has 2 aromatic rings. The molecule has 0 amide bonds. The minimum atomic E-state index is -0.549. The van der Waals surface area contributed by atoms with Gasteiger partial charge in [-0.15, -0.1) is 0 Å². The molecule has 0 radical (unpaired) electrons. The van der Waals surface area contributed by atoms with Gasteiger partial charge in [-0.3, -0.25) is 0 Å². The monoisotopic (exact) mass is 382 g/mol. The number of carbonyl (C=O) groups excluding carboxylic acids is 1. The first kappa shape index (κ1) is 22.2. The predicted molar refractivity (Wildman–Crippen MR) is 115 cm³/mol. The quantitative estimate of drug-likeness (QED) is 0.328. The first-order valence-electron chi connectivity index (χ1n) is 10.5. The van der Waals surface area contributed by atoms with Gasteiger partial charge in [-0.1, -0.05) is 81.1 Å². The molecule has 0 saturated carbocycles. The molecule has 0 aliphatic heterocycles. The lowest BCUT2D eigenvalue weighted by molar-refractivity contribution is -0.159. The first-order valence-corrected chi connectivity index (χ1v) is 10.5. The van der Waals surface area contributed by atoms with Crippen molar-refractivity contribution in [3.05, 3.63) is 59.7 Å². The van der Waals surface area contributed by atoms with Gasteiger partial charge in [-0.2, -0.15) is 0 Å². The molecule has 0 fully saturated rings. The molecule has 2 atom stereocenters. The molecule has 0 aliphatic carbocycles. The van der Waals surface area contributed by atoms with E-state index in [0.29, 0.717) is 0 Å². The molecule has 3 heteroatoms. The van der Waals surface area contributed by atoms with Crippen LogP contribution in [-0.2, 0) is 20.7 Å². The Morgan fingerprint density at radius 2 is 1.43 bits per heavy atom. The Morgan fingerprint density at radius 1 is 0.857 bits per heavy atom. The van der Waals surface area contributed by atoms with Crippen molar-refractivity contribution >= 4 is 5.97 Å². The molecule has 0 aromatic heterocycles. The third-order valence-corrected chi connectivity index (χ3v) is 5.21. The highest BCUT2D eigenvalue weighted by atomic mass is 16.6. The second-order valence-electron chi connectivity index (χ2n) is 7.44. The van der Waals surface area contributed by atoms with Crippen LogP contribution >= 0.6 is 0 Å². The van der Waals surface area contributed by atoms with E-state index in [4.69, 9.17) is 9.47 Å². The molecule has 0 N–H and O–H groups in total. The van der Waals surface area contributed by atoms with Crippen molar-refractivity contribution in [3.8, 4) is 11.1 Å². The van der Waals surface area contributed by atoms with E-state index in [1.54, 1.807) is 6.92 Å². The summed E-state index contributed by atoms with van der Waals surface area (Å²) < 4.78 is 10.5. The third-order valence-electron chi connectivity index (χ3n) is 5.21. The van der Waals surface area contributed by atoms with E-state index < -0.39 is 6.10 Å². The van der Waals surface area contributed by atoms with Gasteiger partial charge in [0.1, 0.15) is 6.10 Å². The molecule has 3 nitrogen and oxygen atoms in total. The summed E-state index contributed by atoms with van der Waals surface area (Å²) in [5, 5.41) is 0. The van der Waals surface area contributed by atoms with Crippen LogP contribution < -0.4 is 0 Å². The van der Waals surface area contributed by atoms with E-state index in [-0.39, 0.29) is 12.1 Å². The standard InChI is InChI=1S/C25H34O3/c1-5-6-7-8-9-10-21-11-13-23(14-12-21)24-17-15-22(16-18-24)19(2)28-25(26)20(3)27-4/h11-20H,5-10H2,1-4H3. The summed E-state index contributed by atoms with van der Waals surface area (Å²) >= 11 is 0. The smallest absolute Gasteiger partial charge is 0.335 e. The highest BCUT2D eigenvalue weighted by molar-refractivity contribution is 5.74. The number of benzene rings is 2. The molecule has 0 bridgehead atoms. The molecule has 2 aromatic carbocycles. The molecule has 152 valence electrons. The van der Waals surface area contributed by atoms with Gasteiger partial charge in [-0.25, -0.2) is 4.79 Å². The van der Waals surface area contributed by atoms with E-state index in [9.17, 15) is 4.79 Å². The Balaban J connectivity index is 1.91. The highest BCUT2D eigenvalue weighted by Gasteiger charge is 2.17. The van der Waals surface area contributed by atoms with Crippen molar-refractivity contribution in [2.75, 3.05) is 7.11 Å². The maximum absolute atomic E-state index is 11.9. The number of unbranched alkanes of at least 4 members (excludes halogenated alkanes) is 4. The van der Waals surface area contributed by atoms with Crippen LogP contribution in [0, 0.1) is 0 Å². The SMILES string of the molecule is CCCCCCCc1ccc(-c2ccc(C(C)OC(=O)C(C)OC)cc2)cc1. The number of hydrogen-bond donors (Lipinski definition) is 0. The average Bonchev–Trinajstić information content (AvgIpc) is 2.73. The Labute approximate surface area is 170 Å². The number of carbonyl (C=O) groups is 1. The summed E-state index contributed by atoms with van der Waals surface area (Å²) in [7, 11) is 1.50. The first-order chi connectivity index (χ1) is 13.5. The van der Waals surface area contributed by atoms with E-state index in [2.05, 4.69) is 43.3 Å². The van der Waals surface area contributed by atoms with Crippen LogP contribution in [0.15, 0.2) is 48.5 Å². The molecule has 2 unspecified atom stereocenters. The summed E-state index contributed by atoms with van der Waals surface area (Å²) in [6, 6.07) is 17.1. The fraction of sp³-hybridized carbons (Fsp3) is 0.480. The van der Waals surface area contributed by atoms with Gasteiger partial charge in [0, 0.05) is 7.11 Å². The Morgan fingerprint density at radius 3 is 2.00 bits per heavy atom. The van der Waals surface area contributed by atoms with Gasteiger partial charge in [-0.05, 0) is 48.9 Å². The lowest BCUT2D eigenvalue weighted by Crippen LogP contribution is -2.23. The zero-order chi connectivity index (χ0) is 20.4. The van der Waals surface area contributed by atoms with Gasteiger partial charge < -0.3 is 9.47 Å². The Kier molecular flexibility index (Phi) is 9.22. The summed E-state index contributed by atoms with van der Waals surface area (Å²) in [6.45, 7) is 5.82. The summed E-state index contributed by atoms with van der Waals surface area (Å²) in [4.78, 5) is 11.9. The second kappa shape index (κ2) is 11.7. The second-order valence-corrected chi connectivity index (χ2v) is 7.44. The fourth-order valence-electron chi connectivity index (χ4n) is 3.18. The topological polar surface area (TPSA) is 35.5 Å². The van der Waals surface area contributed by atoms with Gasteiger partial charge in [0.05, 0.1) is 0 Å². The van der Waals surface area contributed by atoms with Crippen molar-refractivity contribution in [2.24, 2.45) is 0 Å². The zero-order valence-electron chi connectivity index (χ0n) is 17.7. The van der Waals surface area contributed by atoms with Gasteiger partial charge in [0.15, 0.2) is 6.10 Å². The number of ether oxygens (including phenoxy) is 2. The van der Waals surface area contributed by atoms with Gasteiger partial charge in [0.25, 0.3) is 0 Å². The van der Waals surface area contributed by atoms with Crippen LogP contribution in [0.2, 0.25) is 0 Å². The van der Waals surface area contributed by atoms with Crippen molar-refractivity contribution in [1.82, 2.24) is 0 Å². The molecule has 0 heterocycles. The minimum Gasteiger partial charge on any atom is -0.456 e. The van der Waals surface area contributed by atoms with Crippen molar-refractivity contribution in [3.63, 3.8) is 0 Å². The number of esters is 1. The molecule has 2 rings (SSSR count). The van der Waals surface area contributed by atoms with Crippen LogP contribution in [0.3, 0.4) is 0 Å². The van der Waals surface area contributed by atoms with Crippen LogP contribution in [0.1, 0.15) is 70.1 Å². The van der Waals surface area contributed by atoms with Crippen LogP contribution in [0.5, 0.6) is 0 Å². The number of hydrogen-bond acceptors (Lipinski definition) is 3. The van der Waals surface area contributed by atoms with E-state index in [1.165, 1.54) is 55.9 Å². The van der Waals surface area contributed by atoms with Crippen LogP contribution in [0.25, 0.3) is 11.1 Å². The highest BCUT2D eigenvalue weighted by Crippen LogP contribution is 2.24. The normalized spacial score (nSPS) is 13.1. The molecular formula is C25H34O3. The molecular weight excluding hydrogens is 348 g/mol. The largest absolute Gasteiger partial charge is 0.456 e. The number of aryl methyl sites for hydroxylation is 1. The maximum atomic E-state index is 11.9. The van der Waals surface area contributed by atoms with E-state index in [1.807, 2.05) is 19.1 Å². The third kappa shape index (κ3) is 6.79. The lowest BCUT2D eigenvalue weighted by atomic mass is 9.99. The van der Waals surface area contributed by atoms with Crippen LogP contribution in [0.4, 0.5) is 0 Å². The predicted octanol–water partition coefficient (Wildman–Crippen LogP) is 6.51.